The molecule has 3 fully saturated rings. The number of nitrogens with one attached hydrogen (secondary N) is 16. The number of hydrogen-bond donors (Lipinski definition) is 16. The van der Waals surface area contributed by atoms with Crippen molar-refractivity contribution in [2.45, 2.75) is 140 Å². The molecule has 0 radical (unpaired) electrons. The second-order valence-corrected chi connectivity index (χ2v) is 18.6. The zero-order valence-electron chi connectivity index (χ0n) is 52.2. The fraction of sp³-hybridized carbons (Fsp3) is 0.705. The quantitative estimate of drug-likeness (QED) is 0.0454. The molecule has 16 N–H and O–H groups in total. The summed E-state index contributed by atoms with van der Waals surface area (Å²) in [4.78, 5) is 0. The Balaban J connectivity index is -0.0000000531. The molecule has 0 aromatic heterocycles. The van der Waals surface area contributed by atoms with Crippen molar-refractivity contribution in [3.05, 3.63) is 93.5 Å². The molecule has 3 saturated carbocycles. The monoisotopic (exact) mass is 1100 g/mol. The maximum atomic E-state index is 3.34. The molecule has 0 amide bonds. The van der Waals surface area contributed by atoms with Crippen molar-refractivity contribution in [1.29, 1.82) is 0 Å². The van der Waals surface area contributed by atoms with E-state index in [1.165, 1.54) is 89.0 Å². The highest BCUT2D eigenvalue weighted by Crippen LogP contribution is 2.22. The summed E-state index contributed by atoms with van der Waals surface area (Å²) in [6, 6.07) is 11.4. The predicted octanol–water partition coefficient (Wildman–Crippen LogP) is 7.50. The molecule has 464 valence electrons. The van der Waals surface area contributed by atoms with Crippen molar-refractivity contribution in [2.75, 3.05) is 156 Å². The van der Waals surface area contributed by atoms with Gasteiger partial charge in [-0.25, -0.2) is 0 Å². The molecular weight excluding hydrogens is 957 g/mol. The maximum Gasteiger partial charge on any atom is 0.152 e. The molecule has 5 unspecified atom stereocenters. The molecule has 0 heterocycles. The highest BCUT2D eigenvalue weighted by Gasteiger charge is 2.21. The highest BCUT2D eigenvalue weighted by molar-refractivity contribution is 5.69. The third kappa shape index (κ3) is 50.7. The van der Waals surface area contributed by atoms with Crippen molar-refractivity contribution in [2.24, 2.45) is 0 Å². The first-order valence-corrected chi connectivity index (χ1v) is 28.3. The molecule has 0 saturated heterocycles. The van der Waals surface area contributed by atoms with Crippen LogP contribution in [0.5, 0.6) is 0 Å². The fourth-order valence-electron chi connectivity index (χ4n) is 7.97. The fourth-order valence-corrected chi connectivity index (χ4v) is 7.97. The summed E-state index contributed by atoms with van der Waals surface area (Å²) >= 11 is 0. The molecule has 5 atom stereocenters. The Morgan fingerprint density at radius 3 is 1.26 bits per heavy atom. The molecule has 1 aromatic rings. The van der Waals surface area contributed by atoms with Gasteiger partial charge in [0, 0.05) is 106 Å². The van der Waals surface area contributed by atoms with Crippen LogP contribution >= 0.6 is 0 Å². The average Bonchev–Trinajstić information content (AvgIpc) is 3.48. The van der Waals surface area contributed by atoms with E-state index in [1.54, 1.807) is 14.1 Å². The molecular formula is C61H140N16. The van der Waals surface area contributed by atoms with Crippen LogP contribution in [0, 0.1) is 6.92 Å². The normalized spacial score (nSPS) is 18.6. The minimum Gasteiger partial charge on any atom is -0.386 e. The van der Waals surface area contributed by atoms with Crippen molar-refractivity contribution in [3.63, 3.8) is 0 Å². The number of benzene rings is 1. The summed E-state index contributed by atoms with van der Waals surface area (Å²) in [5, 5.41) is 50.2. The molecule has 16 heteroatoms. The van der Waals surface area contributed by atoms with Crippen LogP contribution in [0.25, 0.3) is 0 Å². The zero-order valence-corrected chi connectivity index (χ0v) is 52.2. The van der Waals surface area contributed by atoms with E-state index in [4.69, 9.17) is 0 Å². The summed E-state index contributed by atoms with van der Waals surface area (Å²) in [7, 11) is 31.5. The van der Waals surface area contributed by atoms with Crippen molar-refractivity contribution in [1.82, 2.24) is 74.4 Å². The maximum absolute atomic E-state index is 3.34. The van der Waals surface area contributed by atoms with E-state index in [1.807, 2.05) is 56.4 Å². The number of hydrogen-bond acceptors (Lipinski definition) is 16. The Morgan fingerprint density at radius 2 is 0.922 bits per heavy atom. The van der Waals surface area contributed by atoms with Gasteiger partial charge in [0.1, 0.15) is 0 Å². The van der Waals surface area contributed by atoms with E-state index in [9.17, 15) is 0 Å². The molecule has 4 rings (SSSR count). The molecule has 3 aliphatic rings. The van der Waals surface area contributed by atoms with Crippen molar-refractivity contribution in [3.8, 4) is 0 Å². The van der Waals surface area contributed by atoms with E-state index in [0.29, 0.717) is 23.9 Å². The predicted molar refractivity (Wildman–Crippen MR) is 361 cm³/mol. The smallest absolute Gasteiger partial charge is 0.152 e. The van der Waals surface area contributed by atoms with Crippen LogP contribution in [0.1, 0.15) is 112 Å². The van der Waals surface area contributed by atoms with Crippen LogP contribution in [0.3, 0.4) is 0 Å². The van der Waals surface area contributed by atoms with Gasteiger partial charge >= 0.3 is 0 Å². The molecule has 1 aromatic carbocycles. The van der Waals surface area contributed by atoms with Gasteiger partial charge in [0.2, 0.25) is 0 Å². The van der Waals surface area contributed by atoms with E-state index in [-0.39, 0.29) is 15.7 Å². The first kappa shape index (κ1) is 79.0. The van der Waals surface area contributed by atoms with Gasteiger partial charge in [-0.2, -0.15) is 0 Å². The number of likely N-dealkylation sites (N-methyl/N-ethyl adjacent to an activating group) is 6. The Labute approximate surface area is 489 Å². The van der Waals surface area contributed by atoms with Crippen LogP contribution in [-0.2, 0) is 0 Å². The van der Waals surface area contributed by atoms with Crippen LogP contribution in [-0.4, -0.2) is 188 Å². The lowest BCUT2D eigenvalue weighted by atomic mass is 9.91. The Bertz CT molecular complexity index is 1870. The van der Waals surface area contributed by atoms with Crippen LogP contribution in [0.2, 0.25) is 0 Å². The summed E-state index contributed by atoms with van der Waals surface area (Å²) in [6.45, 7) is 12.9. The Kier molecular flexibility index (Phi) is 63.9. The lowest BCUT2D eigenvalue weighted by molar-refractivity contribution is 0.309. The Hall–Kier alpha value is -4.52. The van der Waals surface area contributed by atoms with E-state index < -0.39 is 0 Å². The first-order valence-electron chi connectivity index (χ1n) is 28.3. The van der Waals surface area contributed by atoms with Gasteiger partial charge in [-0.05, 0) is 252 Å². The lowest BCUT2D eigenvalue weighted by Gasteiger charge is -2.30. The van der Waals surface area contributed by atoms with Gasteiger partial charge in [-0.3, -0.25) is 0 Å². The van der Waals surface area contributed by atoms with Gasteiger partial charge in [-0.15, -0.1) is 0 Å². The molecule has 77 heavy (non-hydrogen) atoms. The highest BCUT2D eigenvalue weighted by atomic mass is 15.0. The van der Waals surface area contributed by atoms with Crippen LogP contribution < -0.4 is 85.1 Å². The van der Waals surface area contributed by atoms with E-state index in [2.05, 4.69) is 223 Å². The van der Waals surface area contributed by atoms with Crippen LogP contribution in [0.4, 0.5) is 11.4 Å². The van der Waals surface area contributed by atoms with Gasteiger partial charge in [0.15, 0.2) is 5.82 Å². The number of aryl methyl sites for hydroxylation is 1. The molecule has 16 nitrogen and oxygen atoms in total. The molecule has 0 aliphatic heterocycles. The second-order valence-electron chi connectivity index (χ2n) is 18.6. The minimum absolute atomic E-state index is 0. The van der Waals surface area contributed by atoms with E-state index in [0.717, 1.165) is 68.3 Å². The second kappa shape index (κ2) is 62.3. The minimum atomic E-state index is 0. The van der Waals surface area contributed by atoms with Crippen LogP contribution in [0.15, 0.2) is 87.9 Å². The summed E-state index contributed by atoms with van der Waals surface area (Å²) in [5.41, 5.74) is 29.0. The zero-order chi connectivity index (χ0) is 58.6. The lowest BCUT2D eigenvalue weighted by Crippen LogP contribution is -2.47. The number of rotatable bonds is 20. The van der Waals surface area contributed by atoms with Gasteiger partial charge in [-0.1, -0.05) is 31.1 Å². The molecule has 0 bridgehead atoms. The van der Waals surface area contributed by atoms with Crippen molar-refractivity contribution >= 4 is 11.4 Å². The standard InChI is InChI=1S/C14H10N2.C9H14N2.3C8H18N2.2C5H14N2.C4H12N2.11H2/c1-4-5-6-7-8-9-10-11-12-13-14(15-2)16-3;1-7-4-5-8(10-2)9(6-7)11-3;1-9-7-3-5-8(10-2)6-4-7;1-9-7-4-3-5-8(6-7)10-2;1-9-7-5-3-4-6-8(7)10-2;1-5(7-3)4-6-2;1-6-4-3-5-7-2;1-5-3-4-6-2;;;;;;;;;;;/h15-16H,1H2,2-3H3;4-6,10-11H,1-3H3;3*7-10H,3-6H2,1-2H3;5-7H,4H2,1-3H3;6-7H,3-5H2,1-2H3;5-6H,3-4H2,1-2H3;11*1H. The first-order chi connectivity index (χ1) is 37.4. The largest absolute Gasteiger partial charge is 0.386 e. The topological polar surface area (TPSA) is 192 Å². The third-order valence-electron chi connectivity index (χ3n) is 13.0. The average molecular weight is 1100 g/mol. The van der Waals surface area contributed by atoms with Gasteiger partial charge in [0.05, 0.1) is 11.4 Å². The van der Waals surface area contributed by atoms with Crippen molar-refractivity contribution < 1.29 is 15.7 Å². The van der Waals surface area contributed by atoms with Gasteiger partial charge < -0.3 is 85.1 Å². The third-order valence-corrected chi connectivity index (χ3v) is 13.0. The van der Waals surface area contributed by atoms with Gasteiger partial charge in [0.25, 0.3) is 0 Å². The Morgan fingerprint density at radius 1 is 0.494 bits per heavy atom. The molecule has 3 aliphatic carbocycles. The SMILES string of the molecule is C=C=C=C=C=C=C=C=C=C=C=C(NC)NC.CNC1CCC(NC)CC1.CNC1CCCC(NC)C1.CNC1CCCCC1NC.CNCC(C)NC.CNCCCNC.CNCCNC.CNc1ccc(C)cc1NC.[HH].[HH].[HH].[HH].[HH].[HH].[HH].[HH].[HH].[HH].[HH]. The summed E-state index contributed by atoms with van der Waals surface area (Å²) < 4.78 is 0. The number of anilines is 2. The summed E-state index contributed by atoms with van der Waals surface area (Å²) in [5.74, 6) is 0.702. The molecule has 0 spiro atoms. The van der Waals surface area contributed by atoms with E-state index >= 15 is 0 Å². The summed E-state index contributed by atoms with van der Waals surface area (Å²) in [6.07, 6.45) is 17.4.